The maximum absolute atomic E-state index is 14.4. The molecule has 2 N–H and O–H groups in total. The predicted molar refractivity (Wildman–Crippen MR) is 112 cm³/mol. The van der Waals surface area contributed by atoms with Crippen molar-refractivity contribution in [1.82, 2.24) is 15.8 Å². The minimum atomic E-state index is -0.466. The van der Waals surface area contributed by atoms with Crippen LogP contribution < -0.4 is 20.3 Å². The molecule has 2 aliphatic rings. The SMILES string of the molecule is COc1cc(CN2CCCC(C3NNCC3c3c(F)cccc3F)C2)cc(OC)c1. The van der Waals surface area contributed by atoms with E-state index >= 15 is 0 Å². The Morgan fingerprint density at radius 3 is 2.43 bits per heavy atom. The first-order chi connectivity index (χ1) is 14.6. The van der Waals surface area contributed by atoms with Crippen molar-refractivity contribution in [2.45, 2.75) is 31.3 Å². The molecule has 2 saturated heterocycles. The lowest BCUT2D eigenvalue weighted by Crippen LogP contribution is -2.46. The van der Waals surface area contributed by atoms with Gasteiger partial charge < -0.3 is 9.47 Å². The number of hydrogen-bond acceptors (Lipinski definition) is 5. The lowest BCUT2D eigenvalue weighted by Gasteiger charge is -2.37. The zero-order valence-electron chi connectivity index (χ0n) is 17.5. The summed E-state index contributed by atoms with van der Waals surface area (Å²) in [6.45, 7) is 3.16. The molecule has 0 aromatic heterocycles. The third kappa shape index (κ3) is 4.43. The maximum Gasteiger partial charge on any atom is 0.129 e. The summed E-state index contributed by atoms with van der Waals surface area (Å²) in [5.74, 6) is 0.681. The molecule has 5 nitrogen and oxygen atoms in total. The van der Waals surface area contributed by atoms with Crippen molar-refractivity contribution in [2.24, 2.45) is 5.92 Å². The molecule has 2 aromatic carbocycles. The van der Waals surface area contributed by atoms with Crippen molar-refractivity contribution in [2.75, 3.05) is 33.9 Å². The lowest BCUT2D eigenvalue weighted by molar-refractivity contribution is 0.138. The van der Waals surface area contributed by atoms with Gasteiger partial charge in [0.15, 0.2) is 0 Å². The topological polar surface area (TPSA) is 45.8 Å². The number of rotatable bonds is 6. The molecule has 2 heterocycles. The van der Waals surface area contributed by atoms with E-state index in [2.05, 4.69) is 15.8 Å². The second-order valence-corrected chi connectivity index (χ2v) is 8.15. The zero-order chi connectivity index (χ0) is 21.1. The molecule has 7 heteroatoms. The van der Waals surface area contributed by atoms with Gasteiger partial charge in [0.1, 0.15) is 23.1 Å². The zero-order valence-corrected chi connectivity index (χ0v) is 17.5. The summed E-state index contributed by atoms with van der Waals surface area (Å²) in [7, 11) is 3.30. The van der Waals surface area contributed by atoms with Crippen molar-refractivity contribution in [3.63, 3.8) is 0 Å². The molecule has 30 heavy (non-hydrogen) atoms. The van der Waals surface area contributed by atoms with Crippen LogP contribution >= 0.6 is 0 Å². The Morgan fingerprint density at radius 1 is 1.07 bits per heavy atom. The first-order valence-corrected chi connectivity index (χ1v) is 10.5. The molecule has 0 amide bonds. The van der Waals surface area contributed by atoms with E-state index in [1.165, 1.54) is 18.2 Å². The number of benzene rings is 2. The van der Waals surface area contributed by atoms with Crippen molar-refractivity contribution >= 4 is 0 Å². The highest BCUT2D eigenvalue weighted by molar-refractivity contribution is 5.38. The highest BCUT2D eigenvalue weighted by Gasteiger charge is 2.39. The van der Waals surface area contributed by atoms with Crippen LogP contribution in [0, 0.1) is 17.6 Å². The Morgan fingerprint density at radius 2 is 1.77 bits per heavy atom. The third-order valence-electron chi connectivity index (χ3n) is 6.26. The van der Waals surface area contributed by atoms with Crippen molar-refractivity contribution < 1.29 is 18.3 Å². The summed E-state index contributed by atoms with van der Waals surface area (Å²) in [6.07, 6.45) is 2.08. The van der Waals surface area contributed by atoms with E-state index in [0.29, 0.717) is 12.5 Å². The molecule has 2 fully saturated rings. The van der Waals surface area contributed by atoms with Gasteiger partial charge in [-0.25, -0.2) is 8.78 Å². The van der Waals surface area contributed by atoms with Crippen LogP contribution in [0.2, 0.25) is 0 Å². The molecule has 0 spiro atoms. The minimum absolute atomic E-state index is 0.0148. The molecule has 2 aromatic rings. The Hall–Kier alpha value is -2.22. The van der Waals surface area contributed by atoms with Crippen LogP contribution in [0.5, 0.6) is 11.5 Å². The largest absolute Gasteiger partial charge is 0.497 e. The van der Waals surface area contributed by atoms with Crippen LogP contribution in [0.4, 0.5) is 8.78 Å². The van der Waals surface area contributed by atoms with E-state index in [0.717, 1.165) is 49.5 Å². The fourth-order valence-electron chi connectivity index (χ4n) is 4.85. The van der Waals surface area contributed by atoms with Gasteiger partial charge in [0.2, 0.25) is 0 Å². The standard InChI is InChI=1S/C23H29F2N3O2/c1-29-17-9-15(10-18(11-17)30-2)13-28-8-4-5-16(14-28)23-19(12-26-27-23)22-20(24)6-3-7-21(22)25/h3,6-7,9-11,16,19,23,26-27H,4-5,8,12-14H2,1-2H3. The fourth-order valence-corrected chi connectivity index (χ4v) is 4.85. The molecule has 3 unspecified atom stereocenters. The summed E-state index contributed by atoms with van der Waals surface area (Å²) in [5.41, 5.74) is 7.75. The number of halogens is 2. The molecule has 3 atom stereocenters. The molecule has 0 aliphatic carbocycles. The van der Waals surface area contributed by atoms with Crippen LogP contribution in [0.25, 0.3) is 0 Å². The number of likely N-dealkylation sites (tertiary alicyclic amines) is 1. The van der Waals surface area contributed by atoms with E-state index in [4.69, 9.17) is 9.47 Å². The van der Waals surface area contributed by atoms with Gasteiger partial charge in [0.05, 0.1) is 14.2 Å². The second kappa shape index (κ2) is 9.29. The first kappa shape index (κ1) is 21.0. The summed E-state index contributed by atoms with van der Waals surface area (Å²) in [5, 5.41) is 0. The molecule has 162 valence electrons. The molecular formula is C23H29F2N3O2. The third-order valence-corrected chi connectivity index (χ3v) is 6.26. The summed E-state index contributed by atoms with van der Waals surface area (Å²) >= 11 is 0. The van der Waals surface area contributed by atoms with Gasteiger partial charge in [-0.15, -0.1) is 0 Å². The number of methoxy groups -OCH3 is 2. The van der Waals surface area contributed by atoms with Crippen LogP contribution in [-0.2, 0) is 6.54 Å². The molecule has 0 bridgehead atoms. The van der Waals surface area contributed by atoms with Crippen LogP contribution in [0.1, 0.15) is 29.9 Å². The molecule has 0 radical (unpaired) electrons. The Balaban J connectivity index is 1.49. The van der Waals surface area contributed by atoms with E-state index in [-0.39, 0.29) is 17.5 Å². The quantitative estimate of drug-likeness (QED) is 0.754. The van der Waals surface area contributed by atoms with E-state index in [1.54, 1.807) is 14.2 Å². The Bertz CT molecular complexity index is 837. The van der Waals surface area contributed by atoms with Gasteiger partial charge in [0, 0.05) is 43.2 Å². The Labute approximate surface area is 176 Å². The van der Waals surface area contributed by atoms with Gasteiger partial charge in [-0.3, -0.25) is 15.8 Å². The van der Waals surface area contributed by atoms with Gasteiger partial charge in [-0.1, -0.05) is 6.07 Å². The van der Waals surface area contributed by atoms with Gasteiger partial charge >= 0.3 is 0 Å². The van der Waals surface area contributed by atoms with Crippen molar-refractivity contribution in [1.29, 1.82) is 0 Å². The lowest BCUT2D eigenvalue weighted by atomic mass is 9.80. The summed E-state index contributed by atoms with van der Waals surface area (Å²) < 4.78 is 39.6. The second-order valence-electron chi connectivity index (χ2n) is 8.15. The van der Waals surface area contributed by atoms with Crippen LogP contribution in [0.3, 0.4) is 0 Å². The smallest absolute Gasteiger partial charge is 0.129 e. The number of ether oxygens (including phenoxy) is 2. The predicted octanol–water partition coefficient (Wildman–Crippen LogP) is 3.45. The monoisotopic (exact) mass is 417 g/mol. The molecule has 4 rings (SSSR count). The maximum atomic E-state index is 14.4. The van der Waals surface area contributed by atoms with Gasteiger partial charge in [0.25, 0.3) is 0 Å². The summed E-state index contributed by atoms with van der Waals surface area (Å²) in [4.78, 5) is 2.40. The van der Waals surface area contributed by atoms with Gasteiger partial charge in [-0.05, 0) is 55.1 Å². The molecular weight excluding hydrogens is 388 g/mol. The number of nitrogens with one attached hydrogen (secondary N) is 2. The van der Waals surface area contributed by atoms with Gasteiger partial charge in [-0.2, -0.15) is 0 Å². The Kier molecular flexibility index (Phi) is 6.51. The van der Waals surface area contributed by atoms with E-state index < -0.39 is 11.6 Å². The highest BCUT2D eigenvalue weighted by atomic mass is 19.1. The normalized spacial score (nSPS) is 24.7. The first-order valence-electron chi connectivity index (χ1n) is 10.5. The number of hydrazine groups is 1. The van der Waals surface area contributed by atoms with E-state index in [9.17, 15) is 8.78 Å². The summed E-state index contributed by atoms with van der Waals surface area (Å²) in [6, 6.07) is 10.0. The highest BCUT2D eigenvalue weighted by Crippen LogP contribution is 2.34. The van der Waals surface area contributed by atoms with Crippen molar-refractivity contribution in [3.05, 3.63) is 59.2 Å². The average Bonchev–Trinajstić information content (AvgIpc) is 3.23. The molecule has 0 saturated carbocycles. The van der Waals surface area contributed by atoms with Crippen molar-refractivity contribution in [3.8, 4) is 11.5 Å². The number of nitrogens with zero attached hydrogens (tertiary/aromatic N) is 1. The average molecular weight is 418 g/mol. The van der Waals surface area contributed by atoms with Crippen LogP contribution in [-0.4, -0.2) is 44.8 Å². The number of piperidine rings is 1. The van der Waals surface area contributed by atoms with Crippen LogP contribution in [0.15, 0.2) is 36.4 Å². The van der Waals surface area contributed by atoms with E-state index in [1.807, 2.05) is 18.2 Å². The fraction of sp³-hybridized carbons (Fsp3) is 0.478. The molecule has 2 aliphatic heterocycles. The number of hydrogen-bond donors (Lipinski definition) is 2. The minimum Gasteiger partial charge on any atom is -0.497 e.